The van der Waals surface area contributed by atoms with Crippen LogP contribution in [0.5, 0.6) is 0 Å². The lowest BCUT2D eigenvalue weighted by molar-refractivity contribution is -0.139. The molecule has 0 saturated heterocycles. The molecule has 0 saturated carbocycles. The molecule has 0 bridgehead atoms. The summed E-state index contributed by atoms with van der Waals surface area (Å²) in [6.45, 7) is 2.19. The van der Waals surface area contributed by atoms with Crippen molar-refractivity contribution >= 4 is 46.0 Å². The molecule has 0 aromatic rings. The average molecular weight is 236 g/mol. The van der Waals surface area contributed by atoms with Crippen molar-refractivity contribution in [3.8, 4) is 0 Å². The van der Waals surface area contributed by atoms with E-state index in [2.05, 4.69) is 10.2 Å². The van der Waals surface area contributed by atoms with Crippen LogP contribution >= 0.6 is 35.7 Å². The number of thioether (sulfide) groups is 2. The van der Waals surface area contributed by atoms with Crippen molar-refractivity contribution < 1.29 is 9.53 Å². The zero-order chi connectivity index (χ0) is 9.68. The Morgan fingerprint density at radius 2 is 2.62 bits per heavy atom. The third kappa shape index (κ3) is 4.06. The number of rotatable bonds is 4. The Balaban J connectivity index is 2.16. The number of carbonyl (C=O) groups excluding carboxylic acids is 1. The van der Waals surface area contributed by atoms with Gasteiger partial charge in [0.1, 0.15) is 0 Å². The summed E-state index contributed by atoms with van der Waals surface area (Å²) in [4.78, 5) is 10.9. The summed E-state index contributed by atoms with van der Waals surface area (Å²) in [5.74, 6) is 0.0776. The molecule has 1 rings (SSSR count). The number of nitrogens with zero attached hydrogens (tertiary/aromatic N) is 2. The Bertz CT molecular complexity index is 244. The first-order chi connectivity index (χ1) is 6.22. The Kier molecular flexibility index (Phi) is 4.68. The van der Waals surface area contributed by atoms with E-state index in [1.807, 2.05) is 0 Å². The van der Waals surface area contributed by atoms with Gasteiger partial charge < -0.3 is 4.74 Å². The number of esters is 1. The molecule has 0 N–H and O–H groups in total. The van der Waals surface area contributed by atoms with Gasteiger partial charge in [-0.1, -0.05) is 11.8 Å². The monoisotopic (exact) mass is 236 g/mol. The van der Waals surface area contributed by atoms with Gasteiger partial charge in [0.05, 0.1) is 12.4 Å². The van der Waals surface area contributed by atoms with Crippen LogP contribution in [-0.4, -0.2) is 27.4 Å². The molecule has 0 spiro atoms. The molecule has 0 aliphatic carbocycles. The fourth-order valence-corrected chi connectivity index (χ4v) is 2.73. The molecule has 72 valence electrons. The predicted octanol–water partition coefficient (Wildman–Crippen LogP) is 2.05. The van der Waals surface area contributed by atoms with Gasteiger partial charge in [-0.05, 0) is 19.1 Å². The van der Waals surface area contributed by atoms with E-state index in [4.69, 9.17) is 17.0 Å². The summed E-state index contributed by atoms with van der Waals surface area (Å²) < 4.78 is 5.21. The minimum absolute atomic E-state index is 0.0723. The molecular weight excluding hydrogens is 228 g/mol. The van der Waals surface area contributed by atoms with Gasteiger partial charge in [-0.3, -0.25) is 4.79 Å². The highest BCUT2D eigenvalue weighted by Crippen LogP contribution is 2.32. The Hall–Kier alpha value is -0.140. The molecule has 0 amide bonds. The van der Waals surface area contributed by atoms with E-state index in [0.717, 1.165) is 0 Å². The van der Waals surface area contributed by atoms with Gasteiger partial charge in [-0.25, -0.2) is 0 Å². The number of hydrogen-bond acceptors (Lipinski definition) is 6. The first-order valence-corrected chi connectivity index (χ1v) is 5.94. The van der Waals surface area contributed by atoms with E-state index in [1.54, 1.807) is 6.92 Å². The van der Waals surface area contributed by atoms with Gasteiger partial charge in [-0.2, -0.15) is 5.11 Å². The minimum Gasteiger partial charge on any atom is -0.465 e. The SMILES string of the molecule is CCOC(=O)CSC1N=NC(=S)S1. The number of ether oxygens (including phenoxy) is 1. The molecular formula is C6H8N2O2S3. The minimum atomic E-state index is -0.221. The van der Waals surface area contributed by atoms with Crippen molar-refractivity contribution in [3.05, 3.63) is 0 Å². The van der Waals surface area contributed by atoms with Gasteiger partial charge in [0.2, 0.25) is 0 Å². The molecule has 0 fully saturated rings. The summed E-state index contributed by atoms with van der Waals surface area (Å²) in [5, 5.41) is 7.54. The smallest absolute Gasteiger partial charge is 0.315 e. The van der Waals surface area contributed by atoms with E-state index in [1.165, 1.54) is 23.5 Å². The average Bonchev–Trinajstić information content (AvgIpc) is 2.49. The van der Waals surface area contributed by atoms with Crippen LogP contribution in [0.25, 0.3) is 0 Å². The Morgan fingerprint density at radius 3 is 3.15 bits per heavy atom. The molecule has 7 heteroatoms. The normalized spacial score (nSPS) is 20.7. The van der Waals surface area contributed by atoms with E-state index in [0.29, 0.717) is 16.7 Å². The maximum Gasteiger partial charge on any atom is 0.315 e. The van der Waals surface area contributed by atoms with E-state index in [9.17, 15) is 4.79 Å². The van der Waals surface area contributed by atoms with Crippen molar-refractivity contribution in [2.45, 2.75) is 11.6 Å². The van der Waals surface area contributed by atoms with Crippen molar-refractivity contribution in [3.63, 3.8) is 0 Å². The molecule has 0 aromatic heterocycles. The highest BCUT2D eigenvalue weighted by molar-refractivity contribution is 8.30. The summed E-state index contributed by atoms with van der Waals surface area (Å²) in [5.41, 5.74) is 0. The summed E-state index contributed by atoms with van der Waals surface area (Å²) >= 11 is 7.56. The largest absolute Gasteiger partial charge is 0.465 e. The fraction of sp³-hybridized carbons (Fsp3) is 0.667. The van der Waals surface area contributed by atoms with E-state index < -0.39 is 0 Å². The van der Waals surface area contributed by atoms with Crippen LogP contribution < -0.4 is 0 Å². The van der Waals surface area contributed by atoms with Gasteiger partial charge in [0.25, 0.3) is 0 Å². The van der Waals surface area contributed by atoms with Crippen molar-refractivity contribution in [1.82, 2.24) is 0 Å². The Labute approximate surface area is 89.9 Å². The quantitative estimate of drug-likeness (QED) is 0.552. The maximum atomic E-state index is 10.9. The van der Waals surface area contributed by atoms with Crippen LogP contribution in [0.15, 0.2) is 10.2 Å². The third-order valence-corrected chi connectivity index (χ3v) is 3.51. The van der Waals surface area contributed by atoms with Gasteiger partial charge in [-0.15, -0.1) is 16.9 Å². The molecule has 1 unspecified atom stereocenters. The Morgan fingerprint density at radius 1 is 1.85 bits per heavy atom. The molecule has 1 aliphatic rings. The lowest BCUT2D eigenvalue weighted by Gasteiger charge is -2.03. The fourth-order valence-electron chi connectivity index (χ4n) is 0.637. The second kappa shape index (κ2) is 5.56. The summed E-state index contributed by atoms with van der Waals surface area (Å²) in [6, 6.07) is 0. The second-order valence-corrected chi connectivity index (χ2v) is 5.10. The van der Waals surface area contributed by atoms with E-state index >= 15 is 0 Å². The number of hydrogen-bond donors (Lipinski definition) is 0. The van der Waals surface area contributed by atoms with Gasteiger partial charge >= 0.3 is 5.97 Å². The molecule has 1 heterocycles. The third-order valence-electron chi connectivity index (χ3n) is 1.08. The van der Waals surface area contributed by atoms with Crippen LogP contribution in [0.2, 0.25) is 0 Å². The highest BCUT2D eigenvalue weighted by atomic mass is 32.2. The molecule has 13 heavy (non-hydrogen) atoms. The molecule has 4 nitrogen and oxygen atoms in total. The predicted molar refractivity (Wildman–Crippen MR) is 57.9 cm³/mol. The van der Waals surface area contributed by atoms with Crippen molar-refractivity contribution in [2.24, 2.45) is 10.2 Å². The molecule has 0 radical (unpaired) electrons. The zero-order valence-corrected chi connectivity index (χ0v) is 9.38. The van der Waals surface area contributed by atoms with Gasteiger partial charge in [0.15, 0.2) is 9.03 Å². The summed E-state index contributed by atoms with van der Waals surface area (Å²) in [6.07, 6.45) is 0. The first-order valence-electron chi connectivity index (χ1n) is 3.61. The zero-order valence-electron chi connectivity index (χ0n) is 6.93. The van der Waals surface area contributed by atoms with E-state index in [-0.39, 0.29) is 10.7 Å². The lowest BCUT2D eigenvalue weighted by atomic mass is 10.8. The van der Waals surface area contributed by atoms with Crippen molar-refractivity contribution in [1.29, 1.82) is 0 Å². The molecule has 0 aromatic carbocycles. The lowest BCUT2D eigenvalue weighted by Crippen LogP contribution is -2.08. The van der Waals surface area contributed by atoms with Crippen LogP contribution in [0.1, 0.15) is 6.92 Å². The maximum absolute atomic E-state index is 10.9. The summed E-state index contributed by atoms with van der Waals surface area (Å²) in [7, 11) is 0. The van der Waals surface area contributed by atoms with Crippen LogP contribution in [-0.2, 0) is 9.53 Å². The van der Waals surface area contributed by atoms with Crippen molar-refractivity contribution in [2.75, 3.05) is 12.4 Å². The van der Waals surface area contributed by atoms with Crippen LogP contribution in [0.4, 0.5) is 0 Å². The van der Waals surface area contributed by atoms with Crippen LogP contribution in [0.3, 0.4) is 0 Å². The van der Waals surface area contributed by atoms with Crippen LogP contribution in [0, 0.1) is 0 Å². The topological polar surface area (TPSA) is 51.0 Å². The standard InChI is InChI=1S/C6H8N2O2S3/c1-2-10-4(9)3-12-6-8-7-5(11)13-6/h6H,2-3H2,1H3. The highest BCUT2D eigenvalue weighted by Gasteiger charge is 2.19. The molecule has 1 aliphatic heterocycles. The number of carbonyl (C=O) groups is 1. The first kappa shape index (κ1) is 10.9. The van der Waals surface area contributed by atoms with Gasteiger partial charge in [0, 0.05) is 0 Å². The molecule has 1 atom stereocenters. The number of azo groups is 1. The number of thiocarbonyl (C=S) groups is 1. The second-order valence-electron chi connectivity index (χ2n) is 2.02.